The summed E-state index contributed by atoms with van der Waals surface area (Å²) in [7, 11) is 0. The van der Waals surface area contributed by atoms with Crippen LogP contribution in [0.5, 0.6) is 0 Å². The monoisotopic (exact) mass is 223 g/mol. The minimum absolute atomic E-state index is 0.300. The van der Waals surface area contributed by atoms with Crippen molar-refractivity contribution in [3.05, 3.63) is 42.2 Å². The normalized spacial score (nSPS) is 15.0. The predicted molar refractivity (Wildman–Crippen MR) is 59.4 cm³/mol. The van der Waals surface area contributed by atoms with Crippen LogP contribution in [0.4, 0.5) is 14.5 Å². The second-order valence-corrected chi connectivity index (χ2v) is 3.42. The van der Waals surface area contributed by atoms with Crippen molar-refractivity contribution in [3.8, 4) is 0 Å². The van der Waals surface area contributed by atoms with Crippen LogP contribution in [0, 0.1) is 6.92 Å². The average Bonchev–Trinajstić information content (AvgIpc) is 2.30. The van der Waals surface area contributed by atoms with Crippen LogP contribution in [0.25, 0.3) is 0 Å². The van der Waals surface area contributed by atoms with E-state index in [-0.39, 0.29) is 5.84 Å². The first-order valence-corrected chi connectivity index (χ1v) is 4.82. The SMILES string of the molecule is Cc1ccc(N2C=CNN=C2C(F)F)cc1. The van der Waals surface area contributed by atoms with Crippen LogP contribution in [-0.4, -0.2) is 12.3 Å². The van der Waals surface area contributed by atoms with Gasteiger partial charge in [-0.3, -0.25) is 10.3 Å². The van der Waals surface area contributed by atoms with Gasteiger partial charge in [0.15, 0.2) is 0 Å². The van der Waals surface area contributed by atoms with Gasteiger partial charge in [-0.2, -0.15) is 5.10 Å². The number of nitrogens with one attached hydrogen (secondary N) is 1. The minimum Gasteiger partial charge on any atom is -0.298 e. The van der Waals surface area contributed by atoms with Crippen molar-refractivity contribution in [2.75, 3.05) is 4.90 Å². The second-order valence-electron chi connectivity index (χ2n) is 3.42. The molecule has 3 nitrogen and oxygen atoms in total. The van der Waals surface area contributed by atoms with Crippen LogP contribution in [-0.2, 0) is 0 Å². The summed E-state index contributed by atoms with van der Waals surface area (Å²) in [5.74, 6) is -0.300. The number of benzene rings is 1. The molecule has 16 heavy (non-hydrogen) atoms. The van der Waals surface area contributed by atoms with Gasteiger partial charge in [-0.15, -0.1) is 0 Å². The Kier molecular flexibility index (Phi) is 2.85. The summed E-state index contributed by atoms with van der Waals surface area (Å²) in [5, 5.41) is 3.56. The van der Waals surface area contributed by atoms with Gasteiger partial charge in [0.25, 0.3) is 6.43 Å². The van der Waals surface area contributed by atoms with Gasteiger partial charge in [0.1, 0.15) is 0 Å². The first-order chi connectivity index (χ1) is 7.68. The third kappa shape index (κ3) is 2.03. The summed E-state index contributed by atoms with van der Waals surface area (Å²) >= 11 is 0. The van der Waals surface area contributed by atoms with Crippen molar-refractivity contribution in [1.82, 2.24) is 5.43 Å². The third-order valence-corrected chi connectivity index (χ3v) is 2.23. The predicted octanol–water partition coefficient (Wildman–Crippen LogP) is 2.45. The van der Waals surface area contributed by atoms with Gasteiger partial charge in [0, 0.05) is 18.1 Å². The molecule has 0 aromatic heterocycles. The highest BCUT2D eigenvalue weighted by atomic mass is 19.3. The van der Waals surface area contributed by atoms with Gasteiger partial charge in [-0.05, 0) is 19.1 Å². The molecule has 1 aromatic carbocycles. The zero-order valence-corrected chi connectivity index (χ0v) is 8.69. The Morgan fingerprint density at radius 3 is 2.56 bits per heavy atom. The molecule has 0 fully saturated rings. The van der Waals surface area contributed by atoms with Crippen LogP contribution in [0.2, 0.25) is 0 Å². The number of halogens is 2. The molecule has 1 heterocycles. The van der Waals surface area contributed by atoms with Gasteiger partial charge in [0.05, 0.1) is 0 Å². The third-order valence-electron chi connectivity index (χ3n) is 2.23. The van der Waals surface area contributed by atoms with Crippen molar-refractivity contribution < 1.29 is 8.78 Å². The highest BCUT2D eigenvalue weighted by Gasteiger charge is 2.22. The van der Waals surface area contributed by atoms with E-state index >= 15 is 0 Å². The molecule has 0 saturated carbocycles. The molecule has 1 N–H and O–H groups in total. The van der Waals surface area contributed by atoms with E-state index in [0.717, 1.165) is 5.56 Å². The molecule has 2 rings (SSSR count). The fourth-order valence-corrected chi connectivity index (χ4v) is 1.42. The van der Waals surface area contributed by atoms with E-state index in [2.05, 4.69) is 10.5 Å². The van der Waals surface area contributed by atoms with Gasteiger partial charge in [-0.25, -0.2) is 8.78 Å². The Bertz CT molecular complexity index is 423. The number of nitrogens with zero attached hydrogens (tertiary/aromatic N) is 2. The molecule has 0 aliphatic carbocycles. The molecule has 84 valence electrons. The number of rotatable bonds is 2. The van der Waals surface area contributed by atoms with E-state index in [0.29, 0.717) is 5.69 Å². The Balaban J connectivity index is 2.31. The van der Waals surface area contributed by atoms with E-state index in [1.54, 1.807) is 12.1 Å². The smallest absolute Gasteiger partial charge is 0.297 e. The Labute approximate surface area is 92.1 Å². The summed E-state index contributed by atoms with van der Waals surface area (Å²) < 4.78 is 25.4. The molecule has 0 unspecified atom stereocenters. The van der Waals surface area contributed by atoms with Crippen molar-refractivity contribution in [2.24, 2.45) is 5.10 Å². The topological polar surface area (TPSA) is 27.6 Å². The van der Waals surface area contributed by atoms with Crippen LogP contribution in [0.1, 0.15) is 5.56 Å². The lowest BCUT2D eigenvalue weighted by atomic mass is 10.2. The number of aryl methyl sites for hydroxylation is 1. The summed E-state index contributed by atoms with van der Waals surface area (Å²) in [6.45, 7) is 1.94. The lowest BCUT2D eigenvalue weighted by molar-refractivity contribution is 0.222. The maximum Gasteiger partial charge on any atom is 0.297 e. The van der Waals surface area contributed by atoms with Crippen LogP contribution in [0.15, 0.2) is 41.8 Å². The molecule has 0 spiro atoms. The lowest BCUT2D eigenvalue weighted by Crippen LogP contribution is -2.35. The van der Waals surface area contributed by atoms with Gasteiger partial charge in [0.2, 0.25) is 5.84 Å². The second kappa shape index (κ2) is 4.30. The molecule has 1 aliphatic heterocycles. The molecular formula is C11H11F2N3. The Morgan fingerprint density at radius 2 is 1.94 bits per heavy atom. The molecular weight excluding hydrogens is 212 g/mol. The number of hydrazone groups is 1. The van der Waals surface area contributed by atoms with Crippen LogP contribution >= 0.6 is 0 Å². The van der Waals surface area contributed by atoms with Gasteiger partial charge >= 0.3 is 0 Å². The van der Waals surface area contributed by atoms with E-state index in [1.165, 1.54) is 17.3 Å². The molecule has 0 bridgehead atoms. The highest BCUT2D eigenvalue weighted by Crippen LogP contribution is 2.19. The highest BCUT2D eigenvalue weighted by molar-refractivity contribution is 6.01. The van der Waals surface area contributed by atoms with Crippen molar-refractivity contribution in [1.29, 1.82) is 0 Å². The Hall–Kier alpha value is -1.91. The maximum atomic E-state index is 12.7. The zero-order chi connectivity index (χ0) is 11.5. The zero-order valence-electron chi connectivity index (χ0n) is 8.69. The van der Waals surface area contributed by atoms with E-state index < -0.39 is 6.43 Å². The molecule has 0 atom stereocenters. The van der Waals surface area contributed by atoms with Crippen molar-refractivity contribution in [3.63, 3.8) is 0 Å². The molecule has 1 aromatic rings. The minimum atomic E-state index is -2.61. The summed E-state index contributed by atoms with van der Waals surface area (Å²) in [6, 6.07) is 7.30. The van der Waals surface area contributed by atoms with Gasteiger partial charge < -0.3 is 0 Å². The fraction of sp³-hybridized carbons (Fsp3) is 0.182. The summed E-state index contributed by atoms with van der Waals surface area (Å²) in [4.78, 5) is 1.36. The quantitative estimate of drug-likeness (QED) is 0.834. The average molecular weight is 223 g/mol. The fourth-order valence-electron chi connectivity index (χ4n) is 1.42. The van der Waals surface area contributed by atoms with E-state index in [4.69, 9.17) is 0 Å². The van der Waals surface area contributed by atoms with Crippen LogP contribution < -0.4 is 10.3 Å². The number of hydrogen-bond acceptors (Lipinski definition) is 3. The number of alkyl halides is 2. The van der Waals surface area contributed by atoms with Crippen LogP contribution in [0.3, 0.4) is 0 Å². The van der Waals surface area contributed by atoms with E-state index in [9.17, 15) is 8.78 Å². The maximum absolute atomic E-state index is 12.7. The number of hydrogen-bond donors (Lipinski definition) is 1. The van der Waals surface area contributed by atoms with Gasteiger partial charge in [-0.1, -0.05) is 17.7 Å². The molecule has 5 heteroatoms. The molecule has 1 aliphatic rings. The largest absolute Gasteiger partial charge is 0.298 e. The lowest BCUT2D eigenvalue weighted by Gasteiger charge is -2.24. The first kappa shape index (κ1) is 10.6. The molecule has 0 saturated heterocycles. The number of amidine groups is 1. The molecule has 0 amide bonds. The molecule has 0 radical (unpaired) electrons. The Morgan fingerprint density at radius 1 is 1.25 bits per heavy atom. The van der Waals surface area contributed by atoms with Crippen molar-refractivity contribution in [2.45, 2.75) is 13.3 Å². The summed E-state index contributed by atoms with van der Waals surface area (Å²) in [6.07, 6.45) is 0.420. The van der Waals surface area contributed by atoms with E-state index in [1.807, 2.05) is 19.1 Å². The summed E-state index contributed by atoms with van der Waals surface area (Å²) in [5.41, 5.74) is 4.16. The first-order valence-electron chi connectivity index (χ1n) is 4.82. The van der Waals surface area contributed by atoms with Crippen molar-refractivity contribution >= 4 is 11.5 Å². The number of anilines is 1. The standard InChI is InChI=1S/C11H11F2N3/c1-8-2-4-9(5-3-8)16-7-6-14-15-11(16)10(12)13/h2-7,10,14H,1H3.